The molecule has 0 N–H and O–H groups in total. The lowest BCUT2D eigenvalue weighted by atomic mass is 9.99. The number of hydrogen-bond acceptors (Lipinski definition) is 0. The van der Waals surface area contributed by atoms with Gasteiger partial charge in [-0.05, 0) is 57.9 Å². The minimum absolute atomic E-state index is 0.250. The molecular formula is C18H13F2P. The van der Waals surface area contributed by atoms with Gasteiger partial charge >= 0.3 is 0 Å². The van der Waals surface area contributed by atoms with Gasteiger partial charge in [-0.2, -0.15) is 0 Å². The summed E-state index contributed by atoms with van der Waals surface area (Å²) in [7, 11) is 2.69. The SMILES string of the molecule is Fc1ccc(-c2ccc(P)c(-c3ccc(F)cc3)c2)cc1. The Balaban J connectivity index is 2.07. The molecule has 3 aromatic rings. The third-order valence-corrected chi connectivity index (χ3v) is 3.89. The van der Waals surface area contributed by atoms with Crippen LogP contribution < -0.4 is 5.30 Å². The average molecular weight is 298 g/mol. The first-order chi connectivity index (χ1) is 10.1. The molecule has 0 heterocycles. The van der Waals surface area contributed by atoms with Crippen LogP contribution in [0.5, 0.6) is 0 Å². The minimum atomic E-state index is -0.251. The van der Waals surface area contributed by atoms with E-state index in [1.54, 1.807) is 24.3 Å². The highest BCUT2D eigenvalue weighted by Crippen LogP contribution is 2.26. The summed E-state index contributed by atoms with van der Waals surface area (Å²) in [5.41, 5.74) is 3.91. The Morgan fingerprint density at radius 1 is 0.571 bits per heavy atom. The monoisotopic (exact) mass is 298 g/mol. The van der Waals surface area contributed by atoms with Crippen LogP contribution in [0, 0.1) is 11.6 Å². The van der Waals surface area contributed by atoms with E-state index in [1.807, 2.05) is 18.2 Å². The summed E-state index contributed by atoms with van der Waals surface area (Å²) in [6, 6.07) is 18.8. The normalized spacial score (nSPS) is 10.6. The summed E-state index contributed by atoms with van der Waals surface area (Å²) in [4.78, 5) is 0. The molecule has 0 aromatic heterocycles. The van der Waals surface area contributed by atoms with Crippen LogP contribution in [0.4, 0.5) is 8.78 Å². The molecule has 0 nitrogen and oxygen atoms in total. The van der Waals surface area contributed by atoms with Crippen molar-refractivity contribution in [2.45, 2.75) is 0 Å². The van der Waals surface area contributed by atoms with Crippen LogP contribution >= 0.6 is 9.24 Å². The van der Waals surface area contributed by atoms with Crippen LogP contribution in [0.15, 0.2) is 66.7 Å². The predicted molar refractivity (Wildman–Crippen MR) is 86.6 cm³/mol. The molecule has 0 saturated heterocycles. The van der Waals surface area contributed by atoms with Crippen molar-refractivity contribution in [1.82, 2.24) is 0 Å². The van der Waals surface area contributed by atoms with Gasteiger partial charge in [0, 0.05) is 0 Å². The van der Waals surface area contributed by atoms with Crippen molar-refractivity contribution in [1.29, 1.82) is 0 Å². The second-order valence-corrected chi connectivity index (χ2v) is 5.44. The molecule has 3 rings (SSSR count). The molecule has 1 unspecified atom stereocenters. The molecule has 3 aromatic carbocycles. The van der Waals surface area contributed by atoms with Gasteiger partial charge in [-0.15, -0.1) is 9.24 Å². The zero-order valence-electron chi connectivity index (χ0n) is 11.2. The molecule has 0 aliphatic carbocycles. The molecule has 0 amide bonds. The third-order valence-electron chi connectivity index (χ3n) is 3.39. The second kappa shape index (κ2) is 5.75. The largest absolute Gasteiger partial charge is 0.207 e. The molecule has 0 radical (unpaired) electrons. The fraction of sp³-hybridized carbons (Fsp3) is 0. The van der Waals surface area contributed by atoms with Gasteiger partial charge in [-0.3, -0.25) is 0 Å². The van der Waals surface area contributed by atoms with Crippen LogP contribution in [-0.4, -0.2) is 0 Å². The summed E-state index contributed by atoms with van der Waals surface area (Å²) >= 11 is 0. The maximum atomic E-state index is 13.0. The molecule has 0 saturated carbocycles. The molecule has 1 atom stereocenters. The van der Waals surface area contributed by atoms with Crippen LogP contribution in [0.1, 0.15) is 0 Å². The molecule has 0 fully saturated rings. The smallest absolute Gasteiger partial charge is 0.123 e. The van der Waals surface area contributed by atoms with Gasteiger partial charge in [0.2, 0.25) is 0 Å². The maximum Gasteiger partial charge on any atom is 0.123 e. The molecule has 0 spiro atoms. The van der Waals surface area contributed by atoms with Gasteiger partial charge in [0.05, 0.1) is 0 Å². The first kappa shape index (κ1) is 13.9. The first-order valence-electron chi connectivity index (χ1n) is 6.55. The Kier molecular flexibility index (Phi) is 3.81. The van der Waals surface area contributed by atoms with Crippen LogP contribution in [0.3, 0.4) is 0 Å². The van der Waals surface area contributed by atoms with Crippen molar-refractivity contribution >= 4 is 14.5 Å². The third kappa shape index (κ3) is 3.01. The lowest BCUT2D eigenvalue weighted by Crippen LogP contribution is -1.97. The molecule has 104 valence electrons. The number of hydrogen-bond donors (Lipinski definition) is 0. The molecule has 0 bridgehead atoms. The standard InChI is InChI=1S/C18H13F2P/c19-15-6-1-12(2-7-15)14-5-10-18(21)17(11-14)13-3-8-16(20)9-4-13/h1-11H,21H2. The quantitative estimate of drug-likeness (QED) is 0.596. The van der Waals surface area contributed by atoms with Crippen molar-refractivity contribution in [2.75, 3.05) is 0 Å². The summed E-state index contributed by atoms with van der Waals surface area (Å²) in [6.45, 7) is 0. The fourth-order valence-corrected chi connectivity index (χ4v) is 2.60. The van der Waals surface area contributed by atoms with Crippen molar-refractivity contribution in [3.63, 3.8) is 0 Å². The lowest BCUT2D eigenvalue weighted by Gasteiger charge is -2.09. The molecular weight excluding hydrogens is 285 g/mol. The molecule has 0 aliphatic rings. The van der Waals surface area contributed by atoms with E-state index in [0.717, 1.165) is 27.6 Å². The van der Waals surface area contributed by atoms with Gasteiger partial charge in [-0.25, -0.2) is 8.78 Å². The summed E-state index contributed by atoms with van der Waals surface area (Å²) in [5, 5.41) is 1.03. The fourth-order valence-electron chi connectivity index (χ4n) is 2.26. The molecule has 0 aliphatic heterocycles. The van der Waals surface area contributed by atoms with Crippen molar-refractivity contribution in [2.24, 2.45) is 0 Å². The zero-order chi connectivity index (χ0) is 14.8. The Labute approximate surface area is 124 Å². The van der Waals surface area contributed by atoms with Gasteiger partial charge in [0.25, 0.3) is 0 Å². The van der Waals surface area contributed by atoms with E-state index >= 15 is 0 Å². The topological polar surface area (TPSA) is 0 Å². The van der Waals surface area contributed by atoms with E-state index in [4.69, 9.17) is 0 Å². The van der Waals surface area contributed by atoms with Crippen LogP contribution in [0.25, 0.3) is 22.3 Å². The predicted octanol–water partition coefficient (Wildman–Crippen LogP) is 4.80. The summed E-state index contributed by atoms with van der Waals surface area (Å²) < 4.78 is 26.1. The van der Waals surface area contributed by atoms with Crippen LogP contribution in [0.2, 0.25) is 0 Å². The van der Waals surface area contributed by atoms with Gasteiger partial charge in [0.1, 0.15) is 11.6 Å². The van der Waals surface area contributed by atoms with E-state index < -0.39 is 0 Å². The number of benzene rings is 3. The number of rotatable bonds is 2. The Morgan fingerprint density at radius 3 is 1.62 bits per heavy atom. The van der Waals surface area contributed by atoms with Crippen LogP contribution in [-0.2, 0) is 0 Å². The zero-order valence-corrected chi connectivity index (χ0v) is 12.3. The van der Waals surface area contributed by atoms with Gasteiger partial charge in [-0.1, -0.05) is 36.4 Å². The van der Waals surface area contributed by atoms with E-state index in [1.165, 1.54) is 24.3 Å². The van der Waals surface area contributed by atoms with E-state index in [-0.39, 0.29) is 11.6 Å². The minimum Gasteiger partial charge on any atom is -0.207 e. The van der Waals surface area contributed by atoms with Crippen molar-refractivity contribution in [3.05, 3.63) is 78.4 Å². The van der Waals surface area contributed by atoms with Gasteiger partial charge < -0.3 is 0 Å². The van der Waals surface area contributed by atoms with Crippen molar-refractivity contribution in [3.8, 4) is 22.3 Å². The average Bonchev–Trinajstić information content (AvgIpc) is 2.50. The summed E-state index contributed by atoms with van der Waals surface area (Å²) in [5.74, 6) is -0.501. The molecule has 21 heavy (non-hydrogen) atoms. The highest BCUT2D eigenvalue weighted by Gasteiger charge is 2.06. The Hall–Kier alpha value is -2.05. The Morgan fingerprint density at radius 2 is 1.05 bits per heavy atom. The highest BCUT2D eigenvalue weighted by molar-refractivity contribution is 7.28. The van der Waals surface area contributed by atoms with Gasteiger partial charge in [0.15, 0.2) is 0 Å². The van der Waals surface area contributed by atoms with Crippen molar-refractivity contribution < 1.29 is 8.78 Å². The summed E-state index contributed by atoms with van der Waals surface area (Å²) in [6.07, 6.45) is 0. The maximum absolute atomic E-state index is 13.0. The van der Waals surface area contributed by atoms with E-state index in [0.29, 0.717) is 0 Å². The second-order valence-electron chi connectivity index (χ2n) is 4.82. The Bertz CT molecular complexity index is 762. The first-order valence-corrected chi connectivity index (χ1v) is 7.12. The highest BCUT2D eigenvalue weighted by atomic mass is 31.0. The molecule has 3 heteroatoms. The lowest BCUT2D eigenvalue weighted by molar-refractivity contribution is 0.627. The van der Waals surface area contributed by atoms with E-state index in [2.05, 4.69) is 9.24 Å². The number of halogens is 2. The van der Waals surface area contributed by atoms with E-state index in [9.17, 15) is 8.78 Å².